The highest BCUT2D eigenvalue weighted by atomic mass is 32.2. The van der Waals surface area contributed by atoms with Crippen molar-refractivity contribution < 1.29 is 22.2 Å². The van der Waals surface area contributed by atoms with E-state index in [0.717, 1.165) is 0 Å². The standard InChI is InChI=1S/C19H31F2NO3SSi/c1-13(22-26(23)18(2,3)4)15-11-10-14(24-17(20)21)12-16(15)25-27(8,9)19(5,6)7/h10-12,17H,1-9H3/t26-/m0/s1. The molecule has 0 amide bonds. The quantitative estimate of drug-likeness (QED) is 0.423. The predicted octanol–water partition coefficient (Wildman–Crippen LogP) is 5.94. The van der Waals surface area contributed by atoms with Gasteiger partial charge in [-0.25, -0.2) is 4.21 Å². The molecule has 154 valence electrons. The molecule has 27 heavy (non-hydrogen) atoms. The van der Waals surface area contributed by atoms with Gasteiger partial charge < -0.3 is 9.16 Å². The fourth-order valence-corrected chi connectivity index (χ4v) is 3.45. The average molecular weight is 420 g/mol. The first-order valence-corrected chi connectivity index (χ1v) is 12.8. The number of hydrogen-bond donors (Lipinski definition) is 0. The Balaban J connectivity index is 3.43. The van der Waals surface area contributed by atoms with Crippen LogP contribution in [0.3, 0.4) is 0 Å². The molecule has 1 aromatic carbocycles. The average Bonchev–Trinajstić information content (AvgIpc) is 2.43. The van der Waals surface area contributed by atoms with Gasteiger partial charge in [0, 0.05) is 11.6 Å². The first-order chi connectivity index (χ1) is 12.0. The number of ether oxygens (including phenoxy) is 1. The molecule has 0 aliphatic rings. The Morgan fingerprint density at radius 1 is 1.15 bits per heavy atom. The third kappa shape index (κ3) is 6.67. The van der Waals surface area contributed by atoms with Crippen LogP contribution >= 0.6 is 0 Å². The topological polar surface area (TPSA) is 47.9 Å². The lowest BCUT2D eigenvalue weighted by Crippen LogP contribution is -2.44. The molecule has 0 aliphatic carbocycles. The van der Waals surface area contributed by atoms with Crippen LogP contribution in [0, 0.1) is 0 Å². The van der Waals surface area contributed by atoms with E-state index in [1.54, 1.807) is 13.0 Å². The van der Waals surface area contributed by atoms with Gasteiger partial charge in [0.2, 0.25) is 0 Å². The highest BCUT2D eigenvalue weighted by molar-refractivity contribution is 7.85. The zero-order chi connectivity index (χ0) is 21.2. The van der Waals surface area contributed by atoms with Crippen LogP contribution in [0.4, 0.5) is 8.78 Å². The van der Waals surface area contributed by atoms with Crippen LogP contribution in [0.1, 0.15) is 54.0 Å². The Morgan fingerprint density at radius 2 is 1.70 bits per heavy atom. The molecule has 4 nitrogen and oxygen atoms in total. The molecule has 0 N–H and O–H groups in total. The van der Waals surface area contributed by atoms with Gasteiger partial charge in [0.1, 0.15) is 22.5 Å². The maximum absolute atomic E-state index is 12.6. The number of hydrogen-bond acceptors (Lipinski definition) is 3. The zero-order valence-electron chi connectivity index (χ0n) is 17.6. The van der Waals surface area contributed by atoms with E-state index in [4.69, 9.17) is 4.43 Å². The van der Waals surface area contributed by atoms with Gasteiger partial charge in [-0.1, -0.05) is 20.8 Å². The van der Waals surface area contributed by atoms with E-state index >= 15 is 0 Å². The van der Waals surface area contributed by atoms with Gasteiger partial charge in [-0.15, -0.1) is 0 Å². The lowest BCUT2D eigenvalue weighted by atomic mass is 10.1. The van der Waals surface area contributed by atoms with Crippen LogP contribution in [0.15, 0.2) is 22.6 Å². The minimum Gasteiger partial charge on any atom is -0.543 e. The molecule has 1 atom stereocenters. The number of alkyl halides is 2. The second kappa shape index (κ2) is 8.39. The fourth-order valence-electron chi connectivity index (χ4n) is 1.80. The van der Waals surface area contributed by atoms with Gasteiger partial charge in [0.05, 0.1) is 10.5 Å². The number of halogens is 2. The summed E-state index contributed by atoms with van der Waals surface area (Å²) in [5.74, 6) is 0.444. The van der Waals surface area contributed by atoms with Crippen molar-refractivity contribution >= 4 is 25.0 Å². The van der Waals surface area contributed by atoms with E-state index in [0.29, 0.717) is 17.0 Å². The van der Waals surface area contributed by atoms with E-state index in [1.165, 1.54) is 12.1 Å². The Kier molecular flexibility index (Phi) is 7.38. The molecule has 0 saturated heterocycles. The monoisotopic (exact) mass is 419 g/mol. The summed E-state index contributed by atoms with van der Waals surface area (Å²) in [7, 11) is -3.67. The fraction of sp³-hybridized carbons (Fsp3) is 0.632. The maximum Gasteiger partial charge on any atom is 0.387 e. The lowest BCUT2D eigenvalue weighted by molar-refractivity contribution is -0.0499. The molecular formula is C19H31F2NO3SSi. The minimum atomic E-state index is -2.92. The summed E-state index contributed by atoms with van der Waals surface area (Å²) in [5.41, 5.74) is 1.15. The van der Waals surface area contributed by atoms with Gasteiger partial charge in [-0.3, -0.25) is 0 Å². The molecule has 1 rings (SSSR count). The van der Waals surface area contributed by atoms with Crippen LogP contribution in [0.2, 0.25) is 18.1 Å². The van der Waals surface area contributed by atoms with E-state index in [9.17, 15) is 13.0 Å². The third-order valence-corrected chi connectivity index (χ3v) is 10.3. The van der Waals surface area contributed by atoms with Gasteiger partial charge in [-0.05, 0) is 58.0 Å². The van der Waals surface area contributed by atoms with Gasteiger partial charge in [-0.2, -0.15) is 13.2 Å². The Hall–Kier alpha value is -1.28. The van der Waals surface area contributed by atoms with Crippen LogP contribution in [-0.4, -0.2) is 29.6 Å². The molecule has 0 spiro atoms. The van der Waals surface area contributed by atoms with Gasteiger partial charge >= 0.3 is 6.61 Å². The largest absolute Gasteiger partial charge is 0.543 e. The van der Waals surface area contributed by atoms with Crippen LogP contribution in [0.5, 0.6) is 11.5 Å². The molecule has 0 unspecified atom stereocenters. The molecule has 0 aromatic heterocycles. The van der Waals surface area contributed by atoms with E-state index < -0.39 is 30.7 Å². The Labute approximate surface area is 165 Å². The summed E-state index contributed by atoms with van der Waals surface area (Å²) in [4.78, 5) is 0. The van der Waals surface area contributed by atoms with E-state index in [1.807, 2.05) is 20.8 Å². The molecule has 0 radical (unpaired) electrons. The van der Waals surface area contributed by atoms with Crippen molar-refractivity contribution in [1.29, 1.82) is 0 Å². The SMILES string of the molecule is CC(=N[S@@](=O)C(C)(C)C)c1ccc(OC(F)F)cc1O[Si](C)(C)C(C)(C)C. The molecule has 0 aliphatic heterocycles. The summed E-state index contributed by atoms with van der Waals surface area (Å²) in [5, 5.41) is -0.0802. The molecule has 1 aromatic rings. The first-order valence-electron chi connectivity index (χ1n) is 8.80. The zero-order valence-corrected chi connectivity index (χ0v) is 19.5. The normalized spacial score (nSPS) is 15.0. The van der Waals surface area contributed by atoms with Crippen molar-refractivity contribution in [3.63, 3.8) is 0 Å². The van der Waals surface area contributed by atoms with Crippen molar-refractivity contribution in [3.8, 4) is 11.5 Å². The molecule has 0 heterocycles. The summed E-state index contributed by atoms with van der Waals surface area (Å²) in [6.07, 6.45) is 0. The summed E-state index contributed by atoms with van der Waals surface area (Å²) in [6.45, 7) is 14.8. The second-order valence-corrected chi connectivity index (χ2v) is 15.6. The Bertz CT molecular complexity index is 723. The van der Waals surface area contributed by atoms with Crippen molar-refractivity contribution in [2.45, 2.75) is 78.0 Å². The molecule has 8 heteroatoms. The summed E-state index contributed by atoms with van der Waals surface area (Å²) >= 11 is 0. The highest BCUT2D eigenvalue weighted by Gasteiger charge is 2.39. The number of benzene rings is 1. The molecular weight excluding hydrogens is 388 g/mol. The number of rotatable bonds is 6. The smallest absolute Gasteiger partial charge is 0.387 e. The molecule has 0 fully saturated rings. The Morgan fingerprint density at radius 3 is 2.15 bits per heavy atom. The van der Waals surface area contributed by atoms with Gasteiger partial charge in [0.25, 0.3) is 8.32 Å². The minimum absolute atomic E-state index is 0.0206. The van der Waals surface area contributed by atoms with Crippen LogP contribution in [-0.2, 0) is 11.0 Å². The van der Waals surface area contributed by atoms with Crippen molar-refractivity contribution in [2.75, 3.05) is 0 Å². The van der Waals surface area contributed by atoms with Crippen molar-refractivity contribution in [2.24, 2.45) is 4.40 Å². The summed E-state index contributed by atoms with van der Waals surface area (Å²) < 4.78 is 52.3. The van der Waals surface area contributed by atoms with Crippen molar-refractivity contribution in [1.82, 2.24) is 0 Å². The van der Waals surface area contributed by atoms with Gasteiger partial charge in [0.15, 0.2) is 0 Å². The lowest BCUT2D eigenvalue weighted by Gasteiger charge is -2.37. The molecule has 0 saturated carbocycles. The predicted molar refractivity (Wildman–Crippen MR) is 111 cm³/mol. The summed E-state index contributed by atoms with van der Waals surface area (Å²) in [6, 6.07) is 4.53. The number of nitrogens with zero attached hydrogens (tertiary/aromatic N) is 1. The first kappa shape index (κ1) is 23.8. The van der Waals surface area contributed by atoms with Crippen molar-refractivity contribution in [3.05, 3.63) is 23.8 Å². The second-order valence-electron chi connectivity index (χ2n) is 8.94. The molecule has 0 bridgehead atoms. The van der Waals surface area contributed by atoms with Crippen LogP contribution < -0.4 is 9.16 Å². The van der Waals surface area contributed by atoms with E-state index in [2.05, 4.69) is 43.0 Å². The third-order valence-electron chi connectivity index (χ3n) is 4.48. The highest BCUT2D eigenvalue weighted by Crippen LogP contribution is 2.39. The van der Waals surface area contributed by atoms with E-state index in [-0.39, 0.29) is 10.8 Å². The maximum atomic E-state index is 12.6. The van der Waals surface area contributed by atoms with Crippen LogP contribution in [0.25, 0.3) is 0 Å².